The molecule has 2 unspecified atom stereocenters. The molecule has 1 aromatic rings. The lowest BCUT2D eigenvalue weighted by Crippen LogP contribution is -2.49. The van der Waals surface area contributed by atoms with Gasteiger partial charge in [0.15, 0.2) is 12.2 Å². The molecule has 8 nitrogen and oxygen atoms in total. The maximum atomic E-state index is 11.7. The van der Waals surface area contributed by atoms with Crippen molar-refractivity contribution < 1.29 is 29.7 Å². The minimum absolute atomic E-state index is 0.0283. The van der Waals surface area contributed by atoms with E-state index in [1.807, 2.05) is 6.07 Å². The fraction of sp³-hybridized carbons (Fsp3) is 0.400. The maximum Gasteiger partial charge on any atom is 0.303 e. The number of carboxylic acids is 1. The van der Waals surface area contributed by atoms with Crippen molar-refractivity contribution in [1.29, 1.82) is 0 Å². The molecule has 0 aliphatic rings. The largest absolute Gasteiger partial charge is 0.481 e. The van der Waals surface area contributed by atoms with E-state index in [4.69, 9.17) is 5.11 Å². The normalized spacial score (nSPS) is 13.0. The molecule has 5 N–H and O–H groups in total. The van der Waals surface area contributed by atoms with Crippen LogP contribution in [0.1, 0.15) is 18.4 Å². The van der Waals surface area contributed by atoms with E-state index in [-0.39, 0.29) is 25.9 Å². The van der Waals surface area contributed by atoms with Gasteiger partial charge in [0.05, 0.1) is 0 Å². The van der Waals surface area contributed by atoms with Gasteiger partial charge in [0.1, 0.15) is 0 Å². The molecule has 0 fully saturated rings. The second kappa shape index (κ2) is 9.54. The van der Waals surface area contributed by atoms with Gasteiger partial charge in [-0.1, -0.05) is 30.3 Å². The number of benzene rings is 1. The van der Waals surface area contributed by atoms with Crippen LogP contribution in [0.2, 0.25) is 0 Å². The molecule has 1 aromatic carbocycles. The average molecular weight is 324 g/mol. The Morgan fingerprint density at radius 1 is 0.957 bits per heavy atom. The van der Waals surface area contributed by atoms with Gasteiger partial charge in [0, 0.05) is 19.5 Å². The van der Waals surface area contributed by atoms with Crippen molar-refractivity contribution in [3.8, 4) is 0 Å². The van der Waals surface area contributed by atoms with Gasteiger partial charge >= 0.3 is 5.97 Å². The Morgan fingerprint density at radius 3 is 2.09 bits per heavy atom. The number of aliphatic hydroxyl groups excluding tert-OH is 2. The standard InChI is InChI=1S/C15H20N2O6/c18-11(19)7-4-8-16-14(22)12(20)13(21)15(23)17-9-10-5-2-1-3-6-10/h1-3,5-6,12-13,20-21H,4,7-9H2,(H,16,22)(H,17,23)(H,18,19). The van der Waals surface area contributed by atoms with Crippen molar-refractivity contribution in [2.45, 2.75) is 31.6 Å². The summed E-state index contributed by atoms with van der Waals surface area (Å²) in [5.41, 5.74) is 0.806. The van der Waals surface area contributed by atoms with Crippen LogP contribution in [-0.2, 0) is 20.9 Å². The number of rotatable bonds is 9. The number of aliphatic carboxylic acids is 1. The third-order valence-electron chi connectivity index (χ3n) is 3.01. The molecule has 0 bridgehead atoms. The number of hydrogen-bond acceptors (Lipinski definition) is 5. The Morgan fingerprint density at radius 2 is 1.52 bits per heavy atom. The van der Waals surface area contributed by atoms with E-state index in [1.54, 1.807) is 24.3 Å². The summed E-state index contributed by atoms with van der Waals surface area (Å²) in [6, 6.07) is 8.95. The van der Waals surface area contributed by atoms with Crippen molar-refractivity contribution in [3.05, 3.63) is 35.9 Å². The summed E-state index contributed by atoms with van der Waals surface area (Å²) < 4.78 is 0. The summed E-state index contributed by atoms with van der Waals surface area (Å²) in [5, 5.41) is 32.4. The van der Waals surface area contributed by atoms with Gasteiger partial charge in [-0.2, -0.15) is 0 Å². The Balaban J connectivity index is 2.35. The molecule has 0 aromatic heterocycles. The number of aliphatic hydroxyl groups is 2. The summed E-state index contributed by atoms with van der Waals surface area (Å²) in [5.74, 6) is -2.81. The van der Waals surface area contributed by atoms with Crippen LogP contribution in [0.5, 0.6) is 0 Å². The third kappa shape index (κ3) is 6.90. The number of carbonyl (C=O) groups excluding carboxylic acids is 2. The fourth-order valence-electron chi connectivity index (χ4n) is 1.73. The van der Waals surface area contributed by atoms with E-state index in [1.165, 1.54) is 0 Å². The molecular weight excluding hydrogens is 304 g/mol. The summed E-state index contributed by atoms with van der Waals surface area (Å²) >= 11 is 0. The highest BCUT2D eigenvalue weighted by molar-refractivity contribution is 5.90. The van der Waals surface area contributed by atoms with Crippen LogP contribution in [0, 0.1) is 0 Å². The van der Waals surface area contributed by atoms with Crippen LogP contribution in [0.4, 0.5) is 0 Å². The zero-order valence-electron chi connectivity index (χ0n) is 12.4. The zero-order chi connectivity index (χ0) is 17.2. The topological polar surface area (TPSA) is 136 Å². The van der Waals surface area contributed by atoms with Crippen molar-refractivity contribution in [1.82, 2.24) is 10.6 Å². The Hall–Kier alpha value is -2.45. The summed E-state index contributed by atoms with van der Waals surface area (Å²) in [7, 11) is 0. The highest BCUT2D eigenvalue weighted by atomic mass is 16.4. The lowest BCUT2D eigenvalue weighted by atomic mass is 10.1. The Kier molecular flexibility index (Phi) is 7.72. The highest BCUT2D eigenvalue weighted by Crippen LogP contribution is 2.00. The minimum atomic E-state index is -1.92. The van der Waals surface area contributed by atoms with Crippen LogP contribution < -0.4 is 10.6 Å². The van der Waals surface area contributed by atoms with Crippen LogP contribution in [0.3, 0.4) is 0 Å². The quantitative estimate of drug-likeness (QED) is 0.370. The SMILES string of the molecule is O=C(O)CCCNC(=O)C(O)C(O)C(=O)NCc1ccccc1. The molecule has 0 radical (unpaired) electrons. The van der Waals surface area contributed by atoms with E-state index < -0.39 is 30.0 Å². The lowest BCUT2D eigenvalue weighted by Gasteiger charge is -2.17. The Bertz CT molecular complexity index is 534. The number of nitrogens with one attached hydrogen (secondary N) is 2. The maximum absolute atomic E-state index is 11.7. The third-order valence-corrected chi connectivity index (χ3v) is 3.01. The number of carboxylic acid groups (broad SMARTS) is 1. The zero-order valence-corrected chi connectivity index (χ0v) is 12.4. The second-order valence-electron chi connectivity index (χ2n) is 4.88. The van der Waals surface area contributed by atoms with Crippen LogP contribution in [-0.4, -0.2) is 51.9 Å². The second-order valence-corrected chi connectivity index (χ2v) is 4.88. The van der Waals surface area contributed by atoms with Gasteiger partial charge in [0.2, 0.25) is 0 Å². The molecule has 126 valence electrons. The molecule has 0 aliphatic carbocycles. The predicted molar refractivity (Wildman–Crippen MR) is 80.2 cm³/mol. The molecule has 0 saturated heterocycles. The van der Waals surface area contributed by atoms with E-state index in [9.17, 15) is 24.6 Å². The molecule has 0 aliphatic heterocycles. The van der Waals surface area contributed by atoms with Crippen LogP contribution in [0.15, 0.2) is 30.3 Å². The number of amides is 2. The predicted octanol–water partition coefficient (Wildman–Crippen LogP) is -0.994. The molecule has 8 heteroatoms. The molecule has 0 saturated carbocycles. The summed E-state index contributed by atoms with van der Waals surface area (Å²) in [4.78, 5) is 33.6. The van der Waals surface area contributed by atoms with E-state index in [2.05, 4.69) is 10.6 Å². The van der Waals surface area contributed by atoms with Crippen LogP contribution >= 0.6 is 0 Å². The first kappa shape index (κ1) is 18.6. The van der Waals surface area contributed by atoms with Crippen molar-refractivity contribution in [2.75, 3.05) is 6.54 Å². The molecule has 1 rings (SSSR count). The lowest BCUT2D eigenvalue weighted by molar-refractivity contribution is -0.146. The summed E-state index contributed by atoms with van der Waals surface area (Å²) in [6.07, 6.45) is -3.77. The molecule has 0 spiro atoms. The molecule has 2 atom stereocenters. The van der Waals surface area contributed by atoms with Crippen molar-refractivity contribution in [2.24, 2.45) is 0 Å². The van der Waals surface area contributed by atoms with Crippen LogP contribution in [0.25, 0.3) is 0 Å². The van der Waals surface area contributed by atoms with Gasteiger partial charge in [-0.15, -0.1) is 0 Å². The highest BCUT2D eigenvalue weighted by Gasteiger charge is 2.29. The molecular formula is C15H20N2O6. The van der Waals surface area contributed by atoms with E-state index in [0.717, 1.165) is 5.56 Å². The molecule has 0 heterocycles. The van der Waals surface area contributed by atoms with Crippen molar-refractivity contribution in [3.63, 3.8) is 0 Å². The van der Waals surface area contributed by atoms with Crippen molar-refractivity contribution >= 4 is 17.8 Å². The summed E-state index contributed by atoms with van der Waals surface area (Å²) in [6.45, 7) is 0.185. The van der Waals surface area contributed by atoms with E-state index >= 15 is 0 Å². The van der Waals surface area contributed by atoms with Gasteiger partial charge in [-0.05, 0) is 12.0 Å². The van der Waals surface area contributed by atoms with Gasteiger partial charge < -0.3 is 26.0 Å². The Labute approximate surface area is 133 Å². The van der Waals surface area contributed by atoms with E-state index in [0.29, 0.717) is 0 Å². The number of carbonyl (C=O) groups is 3. The molecule has 23 heavy (non-hydrogen) atoms. The van der Waals surface area contributed by atoms with Gasteiger partial charge in [-0.25, -0.2) is 0 Å². The first-order chi connectivity index (χ1) is 10.9. The fourth-order valence-corrected chi connectivity index (χ4v) is 1.73. The average Bonchev–Trinajstić information content (AvgIpc) is 2.55. The van der Waals surface area contributed by atoms with Gasteiger partial charge in [-0.3, -0.25) is 14.4 Å². The number of hydrogen-bond donors (Lipinski definition) is 5. The first-order valence-corrected chi connectivity index (χ1v) is 7.09. The van der Waals surface area contributed by atoms with Gasteiger partial charge in [0.25, 0.3) is 11.8 Å². The smallest absolute Gasteiger partial charge is 0.303 e. The monoisotopic (exact) mass is 324 g/mol. The molecule has 2 amide bonds. The first-order valence-electron chi connectivity index (χ1n) is 7.09. The minimum Gasteiger partial charge on any atom is -0.481 e.